The second kappa shape index (κ2) is 6.48. The molecule has 0 saturated carbocycles. The maximum atomic E-state index is 6.11. The summed E-state index contributed by atoms with van der Waals surface area (Å²) in [6.07, 6.45) is 0. The van der Waals surface area contributed by atoms with E-state index < -0.39 is 0 Å². The molecule has 3 nitrogen and oxygen atoms in total. The molecule has 4 heteroatoms. The van der Waals surface area contributed by atoms with E-state index in [-0.39, 0.29) is 6.04 Å². The van der Waals surface area contributed by atoms with E-state index in [9.17, 15) is 0 Å². The van der Waals surface area contributed by atoms with Gasteiger partial charge in [-0.1, -0.05) is 41.9 Å². The lowest BCUT2D eigenvalue weighted by Crippen LogP contribution is -2.34. The maximum absolute atomic E-state index is 6.11. The Kier molecular flexibility index (Phi) is 4.44. The Morgan fingerprint density at radius 2 is 2.05 bits per heavy atom. The van der Waals surface area contributed by atoms with Crippen LogP contribution in [-0.2, 0) is 6.54 Å². The minimum atomic E-state index is 0.151. The van der Waals surface area contributed by atoms with Gasteiger partial charge >= 0.3 is 0 Å². The van der Waals surface area contributed by atoms with Gasteiger partial charge in [0.1, 0.15) is 12.4 Å². The van der Waals surface area contributed by atoms with Gasteiger partial charge in [0.15, 0.2) is 0 Å². The molecule has 2 aromatic rings. The summed E-state index contributed by atoms with van der Waals surface area (Å²) in [6, 6.07) is 16.3. The summed E-state index contributed by atoms with van der Waals surface area (Å²) in [5, 5.41) is 0.748. The fraction of sp³-hybridized carbons (Fsp3) is 0.294. The van der Waals surface area contributed by atoms with Crippen molar-refractivity contribution in [2.75, 3.05) is 19.7 Å². The second-order valence-corrected chi connectivity index (χ2v) is 5.67. The first-order valence-electron chi connectivity index (χ1n) is 7.18. The van der Waals surface area contributed by atoms with E-state index in [2.05, 4.69) is 17.0 Å². The zero-order valence-corrected chi connectivity index (χ0v) is 12.6. The summed E-state index contributed by atoms with van der Waals surface area (Å²) < 4.78 is 5.82. The summed E-state index contributed by atoms with van der Waals surface area (Å²) in [4.78, 5) is 2.36. The van der Waals surface area contributed by atoms with Crippen LogP contribution in [-0.4, -0.2) is 24.6 Å². The molecule has 0 spiro atoms. The quantitative estimate of drug-likeness (QED) is 0.946. The van der Waals surface area contributed by atoms with Crippen molar-refractivity contribution in [2.24, 2.45) is 5.73 Å². The van der Waals surface area contributed by atoms with Gasteiger partial charge in [-0.25, -0.2) is 0 Å². The number of nitrogens with two attached hydrogens (primary N) is 1. The van der Waals surface area contributed by atoms with Crippen molar-refractivity contribution in [3.05, 3.63) is 64.7 Å². The number of fused-ring (bicyclic) bond motifs is 1. The van der Waals surface area contributed by atoms with Gasteiger partial charge in [-0.05, 0) is 23.8 Å². The zero-order valence-electron chi connectivity index (χ0n) is 11.8. The van der Waals surface area contributed by atoms with Crippen LogP contribution in [0.3, 0.4) is 0 Å². The highest BCUT2D eigenvalue weighted by atomic mass is 35.5. The van der Waals surface area contributed by atoms with Gasteiger partial charge in [-0.2, -0.15) is 0 Å². The van der Waals surface area contributed by atoms with Gasteiger partial charge in [-0.3, -0.25) is 4.90 Å². The molecular weight excluding hydrogens is 284 g/mol. The van der Waals surface area contributed by atoms with E-state index >= 15 is 0 Å². The molecule has 1 unspecified atom stereocenters. The first kappa shape index (κ1) is 14.4. The molecule has 1 aliphatic heterocycles. The Morgan fingerprint density at radius 1 is 1.19 bits per heavy atom. The van der Waals surface area contributed by atoms with Gasteiger partial charge in [0, 0.05) is 36.3 Å². The van der Waals surface area contributed by atoms with Crippen molar-refractivity contribution in [3.8, 4) is 5.75 Å². The lowest BCUT2D eigenvalue weighted by atomic mass is 10.0. The van der Waals surface area contributed by atoms with Crippen LogP contribution in [0.25, 0.3) is 0 Å². The zero-order chi connectivity index (χ0) is 14.7. The maximum Gasteiger partial charge on any atom is 0.123 e. The molecule has 0 radical (unpaired) electrons. The van der Waals surface area contributed by atoms with Crippen LogP contribution in [0, 0.1) is 0 Å². The summed E-state index contributed by atoms with van der Waals surface area (Å²) in [5.74, 6) is 0.974. The molecular formula is C17H19ClN2O. The largest absolute Gasteiger partial charge is 0.492 e. The minimum absolute atomic E-state index is 0.151. The third kappa shape index (κ3) is 3.21. The molecule has 2 aromatic carbocycles. The Labute approximate surface area is 130 Å². The molecule has 1 atom stereocenters. The van der Waals surface area contributed by atoms with Crippen molar-refractivity contribution in [2.45, 2.75) is 12.6 Å². The summed E-state index contributed by atoms with van der Waals surface area (Å²) in [5.41, 5.74) is 8.39. The second-order valence-electron chi connectivity index (χ2n) is 5.23. The predicted molar refractivity (Wildman–Crippen MR) is 85.6 cm³/mol. The number of hydrogen-bond donors (Lipinski definition) is 1. The van der Waals surface area contributed by atoms with E-state index in [1.54, 1.807) is 0 Å². The average Bonchev–Trinajstić information content (AvgIpc) is 2.70. The molecule has 2 N–H and O–H groups in total. The van der Waals surface area contributed by atoms with Gasteiger partial charge in [0.2, 0.25) is 0 Å². The number of nitrogens with zero attached hydrogens (tertiary/aromatic N) is 1. The van der Waals surface area contributed by atoms with Gasteiger partial charge < -0.3 is 10.5 Å². The Balaban J connectivity index is 1.88. The van der Waals surface area contributed by atoms with Crippen molar-refractivity contribution < 1.29 is 4.74 Å². The summed E-state index contributed by atoms with van der Waals surface area (Å²) in [6.45, 7) is 2.92. The van der Waals surface area contributed by atoms with E-state index in [4.69, 9.17) is 22.1 Å². The third-order valence-electron chi connectivity index (χ3n) is 3.88. The number of para-hydroxylation sites is 1. The molecule has 0 amide bonds. The topological polar surface area (TPSA) is 38.5 Å². The molecule has 0 fully saturated rings. The number of halogens is 1. The number of ether oxygens (including phenoxy) is 1. The van der Waals surface area contributed by atoms with Crippen molar-refractivity contribution in [1.29, 1.82) is 0 Å². The van der Waals surface area contributed by atoms with Crippen LogP contribution >= 0.6 is 11.6 Å². The van der Waals surface area contributed by atoms with Crippen LogP contribution in [0.15, 0.2) is 48.5 Å². The van der Waals surface area contributed by atoms with Crippen LogP contribution in [0.2, 0.25) is 5.02 Å². The number of benzene rings is 2. The first-order valence-corrected chi connectivity index (χ1v) is 7.56. The predicted octanol–water partition coefficient (Wildman–Crippen LogP) is 3.23. The van der Waals surface area contributed by atoms with Crippen molar-refractivity contribution >= 4 is 11.6 Å². The van der Waals surface area contributed by atoms with Crippen LogP contribution in [0.5, 0.6) is 5.75 Å². The molecule has 0 saturated heterocycles. The smallest absolute Gasteiger partial charge is 0.123 e. The van der Waals surface area contributed by atoms with E-state index in [1.165, 1.54) is 5.56 Å². The molecule has 0 aliphatic carbocycles. The molecule has 0 aromatic heterocycles. The number of hydrogen-bond acceptors (Lipinski definition) is 3. The Bertz CT molecular complexity index is 617. The highest BCUT2D eigenvalue weighted by Gasteiger charge is 2.23. The Hall–Kier alpha value is -1.55. The molecule has 1 aliphatic rings. The average molecular weight is 303 g/mol. The number of rotatable bonds is 3. The van der Waals surface area contributed by atoms with Crippen LogP contribution < -0.4 is 10.5 Å². The van der Waals surface area contributed by atoms with Gasteiger partial charge in [-0.15, -0.1) is 0 Å². The van der Waals surface area contributed by atoms with Crippen LogP contribution in [0.1, 0.15) is 17.2 Å². The first-order chi connectivity index (χ1) is 10.3. The third-order valence-corrected chi connectivity index (χ3v) is 4.11. The highest BCUT2D eigenvalue weighted by Crippen LogP contribution is 2.29. The summed E-state index contributed by atoms with van der Waals surface area (Å²) >= 11 is 6.11. The van der Waals surface area contributed by atoms with Crippen molar-refractivity contribution in [1.82, 2.24) is 4.90 Å². The van der Waals surface area contributed by atoms with Crippen LogP contribution in [0.4, 0.5) is 0 Å². The van der Waals surface area contributed by atoms with E-state index in [0.29, 0.717) is 13.2 Å². The molecule has 0 bridgehead atoms. The fourth-order valence-electron chi connectivity index (χ4n) is 2.82. The minimum Gasteiger partial charge on any atom is -0.492 e. The monoisotopic (exact) mass is 302 g/mol. The highest BCUT2D eigenvalue weighted by molar-refractivity contribution is 6.30. The normalized spacial score (nSPS) is 16.7. The Morgan fingerprint density at radius 3 is 2.86 bits per heavy atom. The molecule has 110 valence electrons. The summed E-state index contributed by atoms with van der Waals surface area (Å²) in [7, 11) is 0. The fourth-order valence-corrected chi connectivity index (χ4v) is 3.02. The molecule has 1 heterocycles. The van der Waals surface area contributed by atoms with E-state index in [0.717, 1.165) is 29.4 Å². The standard InChI is InChI=1S/C17H19ClN2O/c18-15-6-3-5-13(10-15)16(11-19)20-8-9-21-17-7-2-1-4-14(17)12-20/h1-7,10,16H,8-9,11-12,19H2. The van der Waals surface area contributed by atoms with Gasteiger partial charge in [0.25, 0.3) is 0 Å². The molecule has 3 rings (SSSR count). The van der Waals surface area contributed by atoms with E-state index in [1.807, 2.05) is 36.4 Å². The lowest BCUT2D eigenvalue weighted by Gasteiger charge is -2.29. The van der Waals surface area contributed by atoms with Crippen molar-refractivity contribution in [3.63, 3.8) is 0 Å². The lowest BCUT2D eigenvalue weighted by molar-refractivity contribution is 0.173. The SMILES string of the molecule is NCC(c1cccc(Cl)c1)N1CCOc2ccccc2C1. The molecule has 21 heavy (non-hydrogen) atoms. The van der Waals surface area contributed by atoms with Gasteiger partial charge in [0.05, 0.1) is 0 Å².